The lowest BCUT2D eigenvalue weighted by Gasteiger charge is -2.07. The van der Waals surface area contributed by atoms with Crippen molar-refractivity contribution >= 4 is 11.7 Å². The van der Waals surface area contributed by atoms with Crippen LogP contribution in [-0.4, -0.2) is 25.9 Å². The Morgan fingerprint density at radius 2 is 2.21 bits per heavy atom. The monoisotopic (exact) mass is 262 g/mol. The lowest BCUT2D eigenvalue weighted by molar-refractivity contribution is 0.0947. The first kappa shape index (κ1) is 12.7. The van der Waals surface area contributed by atoms with E-state index in [-0.39, 0.29) is 17.9 Å². The summed E-state index contributed by atoms with van der Waals surface area (Å²) in [4.78, 5) is 11.9. The van der Waals surface area contributed by atoms with Gasteiger partial charge < -0.3 is 21.3 Å². The number of nitrogens with one attached hydrogen (secondary N) is 1. The highest BCUT2D eigenvalue weighted by Crippen LogP contribution is 2.28. The maximum atomic E-state index is 11.9. The molecule has 1 amide bonds. The Kier molecular flexibility index (Phi) is 3.28. The molecule has 1 aromatic heterocycles. The van der Waals surface area contributed by atoms with E-state index < -0.39 is 11.7 Å². The molecule has 5 N–H and O–H groups in total. The smallest absolute Gasteiger partial charge is 0.255 e. The number of rotatable bonds is 3. The molecule has 0 aliphatic heterocycles. The van der Waals surface area contributed by atoms with Gasteiger partial charge in [0, 0.05) is 19.2 Å². The number of phenolic OH excluding ortho intramolecular Hbond substituents is 2. The van der Waals surface area contributed by atoms with E-state index in [4.69, 9.17) is 5.73 Å². The molecule has 0 fully saturated rings. The van der Waals surface area contributed by atoms with E-state index in [9.17, 15) is 15.0 Å². The molecule has 7 nitrogen and oxygen atoms in total. The van der Waals surface area contributed by atoms with Gasteiger partial charge in [0.25, 0.3) is 5.91 Å². The quantitative estimate of drug-likeness (QED) is 0.596. The number of carbonyl (C=O) groups excluding carboxylic acids is 1. The predicted octanol–water partition coefficient (Wildman–Crippen LogP) is 0.343. The van der Waals surface area contributed by atoms with Crippen molar-refractivity contribution in [2.45, 2.75) is 6.54 Å². The number of aromatic hydroxyl groups is 2. The van der Waals surface area contributed by atoms with Gasteiger partial charge in [0.1, 0.15) is 5.82 Å². The molecule has 1 aromatic carbocycles. The van der Waals surface area contributed by atoms with E-state index in [1.807, 2.05) is 0 Å². The predicted molar refractivity (Wildman–Crippen MR) is 68.6 cm³/mol. The van der Waals surface area contributed by atoms with Crippen molar-refractivity contribution in [1.82, 2.24) is 15.1 Å². The van der Waals surface area contributed by atoms with Gasteiger partial charge in [-0.1, -0.05) is 6.07 Å². The molecule has 0 saturated heterocycles. The van der Waals surface area contributed by atoms with Crippen LogP contribution in [0.1, 0.15) is 15.9 Å². The second-order valence-electron chi connectivity index (χ2n) is 4.03. The zero-order valence-corrected chi connectivity index (χ0v) is 10.3. The van der Waals surface area contributed by atoms with Gasteiger partial charge in [-0.15, -0.1) is 0 Å². The Hall–Kier alpha value is -2.70. The fourth-order valence-corrected chi connectivity index (χ4v) is 1.61. The van der Waals surface area contributed by atoms with Crippen LogP contribution in [0.4, 0.5) is 5.82 Å². The van der Waals surface area contributed by atoms with Crippen LogP contribution >= 0.6 is 0 Å². The number of amides is 1. The van der Waals surface area contributed by atoms with Crippen molar-refractivity contribution in [3.05, 3.63) is 35.5 Å². The van der Waals surface area contributed by atoms with E-state index in [1.54, 1.807) is 13.2 Å². The molecule has 2 aromatic rings. The number of benzene rings is 1. The number of carbonyl (C=O) groups is 1. The van der Waals surface area contributed by atoms with Crippen LogP contribution in [-0.2, 0) is 13.6 Å². The van der Waals surface area contributed by atoms with Crippen LogP contribution < -0.4 is 11.1 Å². The Labute approximate surface area is 109 Å². The molecule has 100 valence electrons. The molecule has 0 saturated carbocycles. The standard InChI is InChI=1S/C12H14N4O3/c1-16-11(13)7(6-15-16)5-14-12(19)8-3-2-4-9(17)10(8)18/h2-4,6,17-18H,5,13H2,1H3,(H,14,19). The zero-order chi connectivity index (χ0) is 14.0. The number of hydrogen-bond donors (Lipinski definition) is 4. The summed E-state index contributed by atoms with van der Waals surface area (Å²) >= 11 is 0. The minimum atomic E-state index is -0.503. The molecule has 0 unspecified atom stereocenters. The number of aryl methyl sites for hydroxylation is 1. The maximum absolute atomic E-state index is 11.9. The molecule has 7 heteroatoms. The summed E-state index contributed by atoms with van der Waals surface area (Å²) in [6, 6.07) is 4.19. The number of nitrogen functional groups attached to an aromatic ring is 1. The molecule has 0 atom stereocenters. The van der Waals surface area contributed by atoms with Crippen LogP contribution in [0, 0.1) is 0 Å². The largest absolute Gasteiger partial charge is 0.504 e. The van der Waals surface area contributed by atoms with Crippen LogP contribution in [0.3, 0.4) is 0 Å². The fraction of sp³-hybridized carbons (Fsp3) is 0.167. The van der Waals surface area contributed by atoms with E-state index in [2.05, 4.69) is 10.4 Å². The molecule has 2 rings (SSSR count). The van der Waals surface area contributed by atoms with E-state index in [1.165, 1.54) is 22.9 Å². The zero-order valence-electron chi connectivity index (χ0n) is 10.3. The Bertz CT molecular complexity index is 621. The molecule has 0 spiro atoms. The first-order valence-electron chi connectivity index (χ1n) is 5.56. The number of hydrogen-bond acceptors (Lipinski definition) is 5. The topological polar surface area (TPSA) is 113 Å². The van der Waals surface area contributed by atoms with Gasteiger partial charge >= 0.3 is 0 Å². The molecule has 19 heavy (non-hydrogen) atoms. The number of anilines is 1. The van der Waals surface area contributed by atoms with Gasteiger partial charge in [-0.25, -0.2) is 0 Å². The second-order valence-corrected chi connectivity index (χ2v) is 4.03. The molecule has 0 radical (unpaired) electrons. The van der Waals surface area contributed by atoms with E-state index in [0.717, 1.165) is 0 Å². The van der Waals surface area contributed by atoms with E-state index in [0.29, 0.717) is 11.4 Å². The minimum absolute atomic E-state index is 0.00228. The third-order valence-corrected chi connectivity index (χ3v) is 2.76. The highest BCUT2D eigenvalue weighted by molar-refractivity contribution is 5.97. The lowest BCUT2D eigenvalue weighted by Crippen LogP contribution is -2.23. The van der Waals surface area contributed by atoms with Gasteiger partial charge in [0.15, 0.2) is 11.5 Å². The highest BCUT2D eigenvalue weighted by atomic mass is 16.3. The van der Waals surface area contributed by atoms with Crippen molar-refractivity contribution in [3.8, 4) is 11.5 Å². The summed E-state index contributed by atoms with van der Waals surface area (Å²) in [6.07, 6.45) is 1.55. The molecule has 0 aliphatic carbocycles. The van der Waals surface area contributed by atoms with Crippen molar-refractivity contribution in [1.29, 1.82) is 0 Å². The summed E-state index contributed by atoms with van der Waals surface area (Å²) in [6.45, 7) is 0.188. The maximum Gasteiger partial charge on any atom is 0.255 e. The van der Waals surface area contributed by atoms with Crippen molar-refractivity contribution in [2.24, 2.45) is 7.05 Å². The van der Waals surface area contributed by atoms with Crippen LogP contribution in [0.15, 0.2) is 24.4 Å². The fourth-order valence-electron chi connectivity index (χ4n) is 1.61. The van der Waals surface area contributed by atoms with Crippen molar-refractivity contribution < 1.29 is 15.0 Å². The number of nitrogens with zero attached hydrogens (tertiary/aromatic N) is 2. The van der Waals surface area contributed by atoms with Gasteiger partial charge in [-0.2, -0.15) is 5.10 Å². The minimum Gasteiger partial charge on any atom is -0.504 e. The van der Waals surface area contributed by atoms with Crippen LogP contribution in [0.25, 0.3) is 0 Å². The average Bonchev–Trinajstić information content (AvgIpc) is 2.70. The first-order valence-corrected chi connectivity index (χ1v) is 5.56. The molecule has 0 aliphatic rings. The summed E-state index contributed by atoms with van der Waals surface area (Å²) in [5.41, 5.74) is 6.42. The molecular weight excluding hydrogens is 248 g/mol. The Morgan fingerprint density at radius 3 is 2.84 bits per heavy atom. The third-order valence-electron chi connectivity index (χ3n) is 2.76. The number of phenols is 2. The Balaban J connectivity index is 2.10. The normalized spacial score (nSPS) is 10.4. The second kappa shape index (κ2) is 4.89. The highest BCUT2D eigenvalue weighted by Gasteiger charge is 2.14. The molecule has 1 heterocycles. The van der Waals surface area contributed by atoms with Gasteiger partial charge in [-0.3, -0.25) is 9.48 Å². The number of para-hydroxylation sites is 1. The Morgan fingerprint density at radius 1 is 1.47 bits per heavy atom. The van der Waals surface area contributed by atoms with Crippen molar-refractivity contribution in [2.75, 3.05) is 5.73 Å². The summed E-state index contributed by atoms with van der Waals surface area (Å²) < 4.78 is 1.49. The lowest BCUT2D eigenvalue weighted by atomic mass is 10.1. The van der Waals surface area contributed by atoms with Gasteiger partial charge in [0.2, 0.25) is 0 Å². The van der Waals surface area contributed by atoms with Gasteiger partial charge in [0.05, 0.1) is 11.8 Å². The molecular formula is C12H14N4O3. The number of nitrogens with two attached hydrogens (primary N) is 1. The summed E-state index contributed by atoms with van der Waals surface area (Å²) in [5, 5.41) is 25.4. The SMILES string of the molecule is Cn1ncc(CNC(=O)c2cccc(O)c2O)c1N. The van der Waals surface area contributed by atoms with E-state index >= 15 is 0 Å². The summed E-state index contributed by atoms with van der Waals surface area (Å²) in [5.74, 6) is -0.829. The summed E-state index contributed by atoms with van der Waals surface area (Å²) in [7, 11) is 1.70. The van der Waals surface area contributed by atoms with Crippen molar-refractivity contribution in [3.63, 3.8) is 0 Å². The van der Waals surface area contributed by atoms with Crippen LogP contribution in [0.2, 0.25) is 0 Å². The average molecular weight is 262 g/mol. The third kappa shape index (κ3) is 2.44. The van der Waals surface area contributed by atoms with Crippen LogP contribution in [0.5, 0.6) is 11.5 Å². The first-order chi connectivity index (χ1) is 9.00. The number of aromatic nitrogens is 2. The molecule has 0 bridgehead atoms. The van der Waals surface area contributed by atoms with Gasteiger partial charge in [-0.05, 0) is 12.1 Å².